The summed E-state index contributed by atoms with van der Waals surface area (Å²) in [5, 5.41) is 14.1. The molecule has 1 unspecified atom stereocenters. The summed E-state index contributed by atoms with van der Waals surface area (Å²) in [6.45, 7) is 3.48. The molecule has 0 spiro atoms. The van der Waals surface area contributed by atoms with Gasteiger partial charge in [-0.05, 0) is 38.1 Å². The van der Waals surface area contributed by atoms with Crippen LogP contribution in [-0.4, -0.2) is 4.92 Å². The van der Waals surface area contributed by atoms with Crippen molar-refractivity contribution in [1.29, 1.82) is 0 Å². The third-order valence-electron chi connectivity index (χ3n) is 3.30. The average molecular weight is 353 g/mol. The van der Waals surface area contributed by atoms with Gasteiger partial charge in [0, 0.05) is 27.4 Å². The van der Waals surface area contributed by atoms with Gasteiger partial charge in [-0.25, -0.2) is 4.39 Å². The van der Waals surface area contributed by atoms with E-state index in [0.29, 0.717) is 16.8 Å². The number of nitrogens with one attached hydrogen (secondary N) is 1. The number of rotatable bonds is 4. The van der Waals surface area contributed by atoms with E-state index in [2.05, 4.69) is 21.2 Å². The molecule has 0 radical (unpaired) electrons. The molecule has 1 N–H and O–H groups in total. The van der Waals surface area contributed by atoms with Crippen LogP contribution in [0.2, 0.25) is 0 Å². The summed E-state index contributed by atoms with van der Waals surface area (Å²) in [5.41, 5.74) is 1.69. The Morgan fingerprint density at radius 2 is 2.05 bits per heavy atom. The van der Waals surface area contributed by atoms with Crippen molar-refractivity contribution in [1.82, 2.24) is 0 Å². The summed E-state index contributed by atoms with van der Waals surface area (Å²) in [7, 11) is 0. The maximum absolute atomic E-state index is 13.9. The van der Waals surface area contributed by atoms with Crippen molar-refractivity contribution in [3.05, 3.63) is 67.9 Å². The van der Waals surface area contributed by atoms with Gasteiger partial charge in [-0.3, -0.25) is 10.1 Å². The maximum atomic E-state index is 13.9. The Morgan fingerprint density at radius 1 is 1.33 bits per heavy atom. The minimum absolute atomic E-state index is 0.0434. The lowest BCUT2D eigenvalue weighted by molar-refractivity contribution is -0.385. The van der Waals surface area contributed by atoms with E-state index in [1.165, 1.54) is 12.1 Å². The van der Waals surface area contributed by atoms with Crippen LogP contribution in [0.3, 0.4) is 0 Å². The van der Waals surface area contributed by atoms with Crippen molar-refractivity contribution in [3.8, 4) is 0 Å². The molecule has 0 fully saturated rings. The predicted octanol–water partition coefficient (Wildman–Crippen LogP) is 4.98. The summed E-state index contributed by atoms with van der Waals surface area (Å²) in [4.78, 5) is 10.5. The van der Waals surface area contributed by atoms with Gasteiger partial charge in [-0.15, -0.1) is 0 Å². The van der Waals surface area contributed by atoms with Crippen LogP contribution in [0.15, 0.2) is 40.9 Å². The lowest BCUT2D eigenvalue weighted by Gasteiger charge is -2.18. The van der Waals surface area contributed by atoms with Crippen LogP contribution in [0.5, 0.6) is 0 Å². The van der Waals surface area contributed by atoms with E-state index in [4.69, 9.17) is 0 Å². The highest BCUT2D eigenvalue weighted by atomic mass is 79.9. The van der Waals surface area contributed by atoms with Crippen molar-refractivity contribution >= 4 is 27.3 Å². The highest BCUT2D eigenvalue weighted by Gasteiger charge is 2.16. The van der Waals surface area contributed by atoms with E-state index in [9.17, 15) is 14.5 Å². The zero-order valence-electron chi connectivity index (χ0n) is 11.6. The van der Waals surface area contributed by atoms with Gasteiger partial charge in [0.05, 0.1) is 11.0 Å². The van der Waals surface area contributed by atoms with Crippen LogP contribution in [0, 0.1) is 22.9 Å². The molecule has 0 heterocycles. The lowest BCUT2D eigenvalue weighted by atomic mass is 10.1. The molecule has 0 aliphatic carbocycles. The Hall–Kier alpha value is -1.95. The Labute approximate surface area is 130 Å². The Kier molecular flexibility index (Phi) is 4.57. The predicted molar refractivity (Wildman–Crippen MR) is 84.0 cm³/mol. The molecule has 2 aromatic carbocycles. The number of anilines is 1. The first kappa shape index (κ1) is 15.4. The van der Waals surface area contributed by atoms with Gasteiger partial charge in [0.15, 0.2) is 0 Å². The third-order valence-corrected chi connectivity index (χ3v) is 3.79. The molecule has 2 rings (SSSR count). The molecule has 0 aromatic heterocycles. The molecule has 0 aliphatic heterocycles. The average Bonchev–Trinajstić information content (AvgIpc) is 2.43. The number of hydrogen-bond donors (Lipinski definition) is 1. The molecule has 6 heteroatoms. The largest absolute Gasteiger partial charge is 0.378 e. The first-order valence-electron chi connectivity index (χ1n) is 6.35. The summed E-state index contributed by atoms with van der Waals surface area (Å²) in [6, 6.07) is 9.20. The van der Waals surface area contributed by atoms with Crippen LogP contribution in [0.25, 0.3) is 0 Å². The summed E-state index contributed by atoms with van der Waals surface area (Å²) < 4.78 is 14.6. The van der Waals surface area contributed by atoms with E-state index in [0.717, 1.165) is 4.47 Å². The zero-order valence-corrected chi connectivity index (χ0v) is 13.1. The fraction of sp³-hybridized carbons (Fsp3) is 0.200. The van der Waals surface area contributed by atoms with Crippen molar-refractivity contribution in [2.75, 3.05) is 5.32 Å². The molecular weight excluding hydrogens is 339 g/mol. The van der Waals surface area contributed by atoms with E-state index < -0.39 is 4.92 Å². The number of nitrogens with zero attached hydrogens (tertiary/aromatic N) is 1. The molecule has 4 nitrogen and oxygen atoms in total. The molecule has 0 bridgehead atoms. The van der Waals surface area contributed by atoms with Crippen LogP contribution in [0.1, 0.15) is 24.1 Å². The zero-order chi connectivity index (χ0) is 15.6. The molecule has 0 amide bonds. The van der Waals surface area contributed by atoms with E-state index in [1.54, 1.807) is 31.2 Å². The van der Waals surface area contributed by atoms with Gasteiger partial charge in [0.25, 0.3) is 5.69 Å². The minimum Gasteiger partial charge on any atom is -0.378 e. The van der Waals surface area contributed by atoms with Gasteiger partial charge in [-0.2, -0.15) is 0 Å². The maximum Gasteiger partial charge on any atom is 0.274 e. The second kappa shape index (κ2) is 6.22. The molecule has 1 atom stereocenters. The third kappa shape index (κ3) is 3.39. The van der Waals surface area contributed by atoms with Gasteiger partial charge in [0.1, 0.15) is 5.82 Å². The molecule has 0 aliphatic rings. The highest BCUT2D eigenvalue weighted by Crippen LogP contribution is 2.29. The van der Waals surface area contributed by atoms with E-state index in [-0.39, 0.29) is 17.5 Å². The van der Waals surface area contributed by atoms with Crippen molar-refractivity contribution in [3.63, 3.8) is 0 Å². The summed E-state index contributed by atoms with van der Waals surface area (Å²) in [6.07, 6.45) is 0. The number of halogens is 2. The number of hydrogen-bond acceptors (Lipinski definition) is 3. The molecule has 2 aromatic rings. The van der Waals surface area contributed by atoms with E-state index in [1.807, 2.05) is 6.92 Å². The standard InChI is InChI=1S/C15H14BrFN2O2/c1-9-14(4-3-5-15(9)19(20)21)18-10(2)12-8-11(16)6-7-13(12)17/h3-8,10,18H,1-2H3. The fourth-order valence-corrected chi connectivity index (χ4v) is 2.51. The Bertz CT molecular complexity index is 691. The van der Waals surface area contributed by atoms with Crippen LogP contribution >= 0.6 is 15.9 Å². The monoisotopic (exact) mass is 352 g/mol. The van der Waals surface area contributed by atoms with Crippen LogP contribution in [-0.2, 0) is 0 Å². The first-order chi connectivity index (χ1) is 9.90. The summed E-state index contributed by atoms with van der Waals surface area (Å²) in [5.74, 6) is -0.318. The second-order valence-electron chi connectivity index (χ2n) is 4.74. The molecule has 21 heavy (non-hydrogen) atoms. The van der Waals surface area contributed by atoms with Crippen LogP contribution < -0.4 is 5.32 Å². The molecule has 0 saturated carbocycles. The topological polar surface area (TPSA) is 55.2 Å². The van der Waals surface area contributed by atoms with Crippen molar-refractivity contribution < 1.29 is 9.31 Å². The number of nitro groups is 1. The van der Waals surface area contributed by atoms with E-state index >= 15 is 0 Å². The minimum atomic E-state index is -0.426. The molecule has 0 saturated heterocycles. The van der Waals surface area contributed by atoms with Crippen molar-refractivity contribution in [2.45, 2.75) is 19.9 Å². The highest BCUT2D eigenvalue weighted by molar-refractivity contribution is 9.10. The molecule has 110 valence electrons. The van der Waals surface area contributed by atoms with Crippen LogP contribution in [0.4, 0.5) is 15.8 Å². The molecular formula is C15H14BrFN2O2. The number of nitro benzene ring substituents is 1. The van der Waals surface area contributed by atoms with Crippen molar-refractivity contribution in [2.24, 2.45) is 0 Å². The SMILES string of the molecule is Cc1c(NC(C)c2cc(Br)ccc2F)cccc1[N+](=O)[O-]. The lowest BCUT2D eigenvalue weighted by Crippen LogP contribution is -2.10. The fourth-order valence-electron chi connectivity index (χ4n) is 2.14. The quantitative estimate of drug-likeness (QED) is 0.623. The normalized spacial score (nSPS) is 12.0. The second-order valence-corrected chi connectivity index (χ2v) is 5.65. The first-order valence-corrected chi connectivity index (χ1v) is 7.15. The Balaban J connectivity index is 2.32. The van der Waals surface area contributed by atoms with Gasteiger partial charge >= 0.3 is 0 Å². The van der Waals surface area contributed by atoms with Gasteiger partial charge in [-0.1, -0.05) is 22.0 Å². The Morgan fingerprint density at radius 3 is 2.71 bits per heavy atom. The smallest absolute Gasteiger partial charge is 0.274 e. The summed E-state index contributed by atoms with van der Waals surface area (Å²) >= 11 is 3.31. The number of benzene rings is 2. The van der Waals surface area contributed by atoms with Gasteiger partial charge in [0.2, 0.25) is 0 Å². The van der Waals surface area contributed by atoms with Gasteiger partial charge < -0.3 is 5.32 Å².